The molecule has 0 spiro atoms. The highest BCUT2D eigenvalue weighted by Crippen LogP contribution is 2.18. The normalized spacial score (nSPS) is 10.9. The first kappa shape index (κ1) is 14.3. The minimum absolute atomic E-state index is 0.365. The Hall–Kier alpha value is -0.800. The SMILES string of the molecule is Cc1ccc(OCCOCC(C)C)c(CCl)n1. The molecule has 0 fully saturated rings. The molecule has 17 heavy (non-hydrogen) atoms. The highest BCUT2D eigenvalue weighted by molar-refractivity contribution is 6.17. The van der Waals surface area contributed by atoms with E-state index in [0.717, 1.165) is 23.7 Å². The summed E-state index contributed by atoms with van der Waals surface area (Å²) in [6.45, 7) is 8.06. The van der Waals surface area contributed by atoms with E-state index in [4.69, 9.17) is 21.1 Å². The number of aromatic nitrogens is 1. The van der Waals surface area contributed by atoms with E-state index in [1.165, 1.54) is 0 Å². The average Bonchev–Trinajstić information content (AvgIpc) is 2.29. The van der Waals surface area contributed by atoms with Gasteiger partial charge in [-0.2, -0.15) is 0 Å². The minimum atomic E-state index is 0.365. The molecule has 4 heteroatoms. The molecule has 1 aromatic heterocycles. The molecular formula is C13H20ClNO2. The first-order valence-electron chi connectivity index (χ1n) is 5.86. The van der Waals surface area contributed by atoms with E-state index in [1.807, 2.05) is 19.1 Å². The summed E-state index contributed by atoms with van der Waals surface area (Å²) in [5, 5.41) is 0. The monoisotopic (exact) mass is 257 g/mol. The van der Waals surface area contributed by atoms with Gasteiger partial charge in [0.1, 0.15) is 12.4 Å². The molecule has 0 aliphatic carbocycles. The number of halogens is 1. The quantitative estimate of drug-likeness (QED) is 0.555. The summed E-state index contributed by atoms with van der Waals surface area (Å²) in [5.74, 6) is 1.66. The van der Waals surface area contributed by atoms with E-state index in [0.29, 0.717) is 25.0 Å². The third kappa shape index (κ3) is 5.37. The molecule has 0 aromatic carbocycles. The smallest absolute Gasteiger partial charge is 0.142 e. The fourth-order valence-corrected chi connectivity index (χ4v) is 1.55. The Kier molecular flexibility index (Phi) is 6.30. The summed E-state index contributed by atoms with van der Waals surface area (Å²) < 4.78 is 11.0. The maximum Gasteiger partial charge on any atom is 0.142 e. The first-order chi connectivity index (χ1) is 8.13. The van der Waals surface area contributed by atoms with Crippen LogP contribution in [0.1, 0.15) is 25.2 Å². The summed E-state index contributed by atoms with van der Waals surface area (Å²) in [5.41, 5.74) is 1.74. The molecule has 0 atom stereocenters. The van der Waals surface area contributed by atoms with Crippen LogP contribution in [-0.2, 0) is 10.6 Å². The van der Waals surface area contributed by atoms with Crippen LogP contribution >= 0.6 is 11.6 Å². The Labute approximate surface area is 108 Å². The fourth-order valence-electron chi connectivity index (χ4n) is 1.35. The van der Waals surface area contributed by atoms with Crippen molar-refractivity contribution in [2.24, 2.45) is 5.92 Å². The van der Waals surface area contributed by atoms with E-state index in [2.05, 4.69) is 18.8 Å². The molecule has 0 N–H and O–H groups in total. The van der Waals surface area contributed by atoms with Gasteiger partial charge in [-0.05, 0) is 25.0 Å². The number of rotatable bonds is 7. The first-order valence-corrected chi connectivity index (χ1v) is 6.40. The van der Waals surface area contributed by atoms with Crippen LogP contribution < -0.4 is 4.74 Å². The van der Waals surface area contributed by atoms with Gasteiger partial charge in [-0.15, -0.1) is 11.6 Å². The molecule has 0 aliphatic heterocycles. The Morgan fingerprint density at radius 1 is 1.29 bits per heavy atom. The predicted molar refractivity (Wildman–Crippen MR) is 69.7 cm³/mol. The third-order valence-electron chi connectivity index (χ3n) is 2.13. The van der Waals surface area contributed by atoms with E-state index in [-0.39, 0.29) is 0 Å². The standard InChI is InChI=1S/C13H20ClNO2/c1-10(2)9-16-6-7-17-13-5-4-11(3)15-12(13)8-14/h4-5,10H,6-9H2,1-3H3. The van der Waals surface area contributed by atoms with Gasteiger partial charge in [0.05, 0.1) is 18.2 Å². The van der Waals surface area contributed by atoms with Crippen LogP contribution in [0.25, 0.3) is 0 Å². The number of hydrogen-bond donors (Lipinski definition) is 0. The van der Waals surface area contributed by atoms with Gasteiger partial charge >= 0.3 is 0 Å². The Bertz CT molecular complexity index is 342. The zero-order valence-corrected chi connectivity index (χ0v) is 11.5. The van der Waals surface area contributed by atoms with Gasteiger partial charge in [0.25, 0.3) is 0 Å². The molecule has 1 rings (SSSR count). The van der Waals surface area contributed by atoms with Crippen LogP contribution in [0.15, 0.2) is 12.1 Å². The van der Waals surface area contributed by atoms with Crippen molar-refractivity contribution in [2.75, 3.05) is 19.8 Å². The summed E-state index contributed by atoms with van der Waals surface area (Å²) in [6, 6.07) is 3.82. The van der Waals surface area contributed by atoms with E-state index in [1.54, 1.807) is 0 Å². The van der Waals surface area contributed by atoms with Crippen molar-refractivity contribution in [1.29, 1.82) is 0 Å². The molecule has 0 radical (unpaired) electrons. The van der Waals surface area contributed by atoms with E-state index < -0.39 is 0 Å². The van der Waals surface area contributed by atoms with Crippen molar-refractivity contribution < 1.29 is 9.47 Å². The topological polar surface area (TPSA) is 31.4 Å². The van der Waals surface area contributed by atoms with Crippen LogP contribution in [0.4, 0.5) is 0 Å². The molecule has 96 valence electrons. The van der Waals surface area contributed by atoms with Crippen LogP contribution in [0, 0.1) is 12.8 Å². The molecule has 0 unspecified atom stereocenters. The fraction of sp³-hybridized carbons (Fsp3) is 0.615. The molecule has 0 amide bonds. The summed E-state index contributed by atoms with van der Waals surface area (Å²) in [4.78, 5) is 4.32. The second kappa shape index (κ2) is 7.51. The third-order valence-corrected chi connectivity index (χ3v) is 2.39. The van der Waals surface area contributed by atoms with Gasteiger partial charge in [-0.3, -0.25) is 4.98 Å². The van der Waals surface area contributed by atoms with E-state index >= 15 is 0 Å². The highest BCUT2D eigenvalue weighted by atomic mass is 35.5. The number of nitrogens with zero attached hydrogens (tertiary/aromatic N) is 1. The van der Waals surface area contributed by atoms with Crippen molar-refractivity contribution in [3.05, 3.63) is 23.5 Å². The largest absolute Gasteiger partial charge is 0.489 e. The molecule has 0 saturated heterocycles. The van der Waals surface area contributed by atoms with Crippen LogP contribution in [0.5, 0.6) is 5.75 Å². The number of ether oxygens (including phenoxy) is 2. The minimum Gasteiger partial charge on any atom is -0.489 e. The van der Waals surface area contributed by atoms with Crippen molar-refractivity contribution in [3.63, 3.8) is 0 Å². The van der Waals surface area contributed by atoms with E-state index in [9.17, 15) is 0 Å². The molecule has 1 heterocycles. The maximum absolute atomic E-state index is 5.81. The molecule has 0 bridgehead atoms. The van der Waals surface area contributed by atoms with Gasteiger partial charge in [0, 0.05) is 12.3 Å². The van der Waals surface area contributed by atoms with Gasteiger partial charge in [0.2, 0.25) is 0 Å². The van der Waals surface area contributed by atoms with Crippen molar-refractivity contribution in [3.8, 4) is 5.75 Å². The predicted octanol–water partition coefficient (Wildman–Crippen LogP) is 3.18. The van der Waals surface area contributed by atoms with Crippen molar-refractivity contribution in [1.82, 2.24) is 4.98 Å². The number of aryl methyl sites for hydroxylation is 1. The molecule has 0 aliphatic rings. The van der Waals surface area contributed by atoms with Gasteiger partial charge in [-0.25, -0.2) is 0 Å². The van der Waals surface area contributed by atoms with Crippen LogP contribution in [0.2, 0.25) is 0 Å². The molecule has 3 nitrogen and oxygen atoms in total. The summed E-state index contributed by atoms with van der Waals surface area (Å²) in [7, 11) is 0. The second-order valence-corrected chi connectivity index (χ2v) is 4.62. The maximum atomic E-state index is 5.81. The average molecular weight is 258 g/mol. The Balaban J connectivity index is 2.36. The highest BCUT2D eigenvalue weighted by Gasteiger charge is 2.04. The van der Waals surface area contributed by atoms with Crippen molar-refractivity contribution >= 4 is 11.6 Å². The Morgan fingerprint density at radius 2 is 2.06 bits per heavy atom. The van der Waals surface area contributed by atoms with Gasteiger partial charge < -0.3 is 9.47 Å². The number of pyridine rings is 1. The van der Waals surface area contributed by atoms with Crippen LogP contribution in [0.3, 0.4) is 0 Å². The zero-order chi connectivity index (χ0) is 12.7. The molecular weight excluding hydrogens is 238 g/mol. The Morgan fingerprint density at radius 3 is 2.71 bits per heavy atom. The molecule has 0 saturated carbocycles. The van der Waals surface area contributed by atoms with Crippen molar-refractivity contribution in [2.45, 2.75) is 26.7 Å². The van der Waals surface area contributed by atoms with Gasteiger partial charge in [-0.1, -0.05) is 13.8 Å². The number of alkyl halides is 1. The lowest BCUT2D eigenvalue weighted by Crippen LogP contribution is -2.11. The molecule has 1 aromatic rings. The lowest BCUT2D eigenvalue weighted by atomic mass is 10.2. The van der Waals surface area contributed by atoms with Crippen LogP contribution in [-0.4, -0.2) is 24.8 Å². The zero-order valence-electron chi connectivity index (χ0n) is 10.7. The second-order valence-electron chi connectivity index (χ2n) is 4.35. The summed E-state index contributed by atoms with van der Waals surface area (Å²) >= 11 is 5.81. The number of hydrogen-bond acceptors (Lipinski definition) is 3. The van der Waals surface area contributed by atoms with Gasteiger partial charge in [0.15, 0.2) is 0 Å². The summed E-state index contributed by atoms with van der Waals surface area (Å²) in [6.07, 6.45) is 0. The lowest BCUT2D eigenvalue weighted by molar-refractivity contribution is 0.0815. The lowest BCUT2D eigenvalue weighted by Gasteiger charge is -2.11.